The molecular formula is C11H27N. The van der Waals surface area contributed by atoms with Crippen molar-refractivity contribution in [1.29, 1.82) is 0 Å². The molecule has 0 aromatic heterocycles. The largest absolute Gasteiger partial charge is 0.327 e. The molecule has 1 heteroatoms. The van der Waals surface area contributed by atoms with Crippen molar-refractivity contribution in [1.82, 2.24) is 0 Å². The predicted octanol–water partition coefficient (Wildman–Crippen LogP) is 3.58. The topological polar surface area (TPSA) is 26.0 Å². The Morgan fingerprint density at radius 2 is 1.50 bits per heavy atom. The molecule has 2 atom stereocenters. The van der Waals surface area contributed by atoms with E-state index in [0.717, 1.165) is 12.3 Å². The molecule has 0 aliphatic heterocycles. The lowest BCUT2D eigenvalue weighted by Gasteiger charge is -2.20. The summed E-state index contributed by atoms with van der Waals surface area (Å²) in [4.78, 5) is 0. The molecule has 0 saturated heterocycles. The Bertz CT molecular complexity index is 71.4. The van der Waals surface area contributed by atoms with E-state index in [1.807, 2.05) is 13.8 Å². The molecule has 0 fully saturated rings. The van der Waals surface area contributed by atoms with Crippen molar-refractivity contribution < 1.29 is 0 Å². The van der Waals surface area contributed by atoms with Gasteiger partial charge in [-0.25, -0.2) is 0 Å². The Kier molecular flexibility index (Phi) is 13.2. The van der Waals surface area contributed by atoms with Gasteiger partial charge in [-0.1, -0.05) is 47.5 Å². The van der Waals surface area contributed by atoms with Gasteiger partial charge in [0.1, 0.15) is 0 Å². The molecule has 0 radical (unpaired) electrons. The van der Waals surface area contributed by atoms with Crippen molar-refractivity contribution in [2.45, 2.75) is 66.3 Å². The summed E-state index contributed by atoms with van der Waals surface area (Å²) in [5.41, 5.74) is 5.91. The summed E-state index contributed by atoms with van der Waals surface area (Å²) in [5, 5.41) is 0. The highest BCUT2D eigenvalue weighted by Crippen LogP contribution is 2.15. The lowest BCUT2D eigenvalue weighted by Crippen LogP contribution is -2.28. The van der Waals surface area contributed by atoms with Crippen molar-refractivity contribution in [3.05, 3.63) is 0 Å². The van der Waals surface area contributed by atoms with Crippen LogP contribution in [0.15, 0.2) is 0 Å². The predicted molar refractivity (Wildman–Crippen MR) is 58.3 cm³/mol. The van der Waals surface area contributed by atoms with E-state index < -0.39 is 0 Å². The first-order valence-corrected chi connectivity index (χ1v) is 5.51. The third kappa shape index (κ3) is 6.66. The summed E-state index contributed by atoms with van der Waals surface area (Å²) in [6, 6.07) is 0.435. The summed E-state index contributed by atoms with van der Waals surface area (Å²) < 4.78 is 0. The van der Waals surface area contributed by atoms with Crippen LogP contribution in [0.2, 0.25) is 0 Å². The maximum absolute atomic E-state index is 5.91. The third-order valence-corrected chi connectivity index (χ3v) is 2.26. The standard InChI is InChI=1S/C9H21N.C2H6/c1-4-7-8(5-2)9(10)6-3;1-2/h8-9H,4-7,10H2,1-3H3;1-2H3. The summed E-state index contributed by atoms with van der Waals surface area (Å²) in [6.45, 7) is 10.6. The zero-order valence-electron chi connectivity index (χ0n) is 9.56. The first-order chi connectivity index (χ1) is 5.76. The zero-order valence-corrected chi connectivity index (χ0v) is 9.56. The van der Waals surface area contributed by atoms with Crippen molar-refractivity contribution in [3.8, 4) is 0 Å². The van der Waals surface area contributed by atoms with E-state index in [-0.39, 0.29) is 0 Å². The summed E-state index contributed by atoms with van der Waals surface area (Å²) in [7, 11) is 0. The molecule has 0 spiro atoms. The molecular weight excluding hydrogens is 146 g/mol. The highest BCUT2D eigenvalue weighted by Gasteiger charge is 2.11. The number of hydrogen-bond acceptors (Lipinski definition) is 1. The molecule has 0 amide bonds. The molecule has 2 N–H and O–H groups in total. The Morgan fingerprint density at radius 1 is 1.00 bits per heavy atom. The minimum Gasteiger partial charge on any atom is -0.327 e. The van der Waals surface area contributed by atoms with Crippen LogP contribution in [0.5, 0.6) is 0 Å². The second-order valence-electron chi connectivity index (χ2n) is 3.03. The molecule has 12 heavy (non-hydrogen) atoms. The van der Waals surface area contributed by atoms with E-state index in [4.69, 9.17) is 5.73 Å². The average molecular weight is 173 g/mol. The second-order valence-corrected chi connectivity index (χ2v) is 3.03. The van der Waals surface area contributed by atoms with E-state index in [1.165, 1.54) is 19.3 Å². The van der Waals surface area contributed by atoms with Gasteiger partial charge in [0, 0.05) is 6.04 Å². The Labute approximate surface area is 78.7 Å². The summed E-state index contributed by atoms with van der Waals surface area (Å²) in [6.07, 6.45) is 4.93. The lowest BCUT2D eigenvalue weighted by atomic mass is 9.91. The molecule has 2 unspecified atom stereocenters. The normalized spacial score (nSPS) is 14.5. The number of nitrogens with two attached hydrogens (primary N) is 1. The smallest absolute Gasteiger partial charge is 0.00644 e. The van der Waals surface area contributed by atoms with Crippen molar-refractivity contribution in [3.63, 3.8) is 0 Å². The zero-order chi connectivity index (χ0) is 9.98. The first kappa shape index (κ1) is 14.5. The van der Waals surface area contributed by atoms with Crippen LogP contribution in [0.4, 0.5) is 0 Å². The van der Waals surface area contributed by atoms with Crippen LogP contribution < -0.4 is 5.73 Å². The molecule has 0 saturated carbocycles. The van der Waals surface area contributed by atoms with Gasteiger partial charge in [0.2, 0.25) is 0 Å². The van der Waals surface area contributed by atoms with Crippen LogP contribution in [-0.2, 0) is 0 Å². The average Bonchev–Trinajstić information content (AvgIpc) is 2.16. The van der Waals surface area contributed by atoms with E-state index in [9.17, 15) is 0 Å². The minimum atomic E-state index is 0.435. The van der Waals surface area contributed by atoms with Gasteiger partial charge < -0.3 is 5.73 Å². The Hall–Kier alpha value is -0.0400. The van der Waals surface area contributed by atoms with Crippen molar-refractivity contribution >= 4 is 0 Å². The van der Waals surface area contributed by atoms with Gasteiger partial charge in [0.15, 0.2) is 0 Å². The minimum absolute atomic E-state index is 0.435. The number of hydrogen-bond donors (Lipinski definition) is 1. The Morgan fingerprint density at radius 3 is 1.75 bits per heavy atom. The molecule has 0 rings (SSSR count). The molecule has 0 aliphatic rings. The molecule has 1 nitrogen and oxygen atoms in total. The fraction of sp³-hybridized carbons (Fsp3) is 1.00. The first-order valence-electron chi connectivity index (χ1n) is 5.51. The van der Waals surface area contributed by atoms with E-state index in [0.29, 0.717) is 6.04 Å². The van der Waals surface area contributed by atoms with E-state index in [2.05, 4.69) is 20.8 Å². The Balaban J connectivity index is 0. The highest BCUT2D eigenvalue weighted by atomic mass is 14.6. The third-order valence-electron chi connectivity index (χ3n) is 2.26. The van der Waals surface area contributed by atoms with Gasteiger partial charge in [-0.15, -0.1) is 0 Å². The molecule has 0 aromatic rings. The molecule has 76 valence electrons. The summed E-state index contributed by atoms with van der Waals surface area (Å²) >= 11 is 0. The van der Waals surface area contributed by atoms with Crippen LogP contribution in [0.3, 0.4) is 0 Å². The molecule has 0 aliphatic carbocycles. The monoisotopic (exact) mass is 173 g/mol. The van der Waals surface area contributed by atoms with Crippen LogP contribution in [0, 0.1) is 5.92 Å². The van der Waals surface area contributed by atoms with Gasteiger partial charge in [-0.2, -0.15) is 0 Å². The number of rotatable bonds is 5. The summed E-state index contributed by atoms with van der Waals surface area (Å²) in [5.74, 6) is 0.759. The quantitative estimate of drug-likeness (QED) is 0.675. The fourth-order valence-electron chi connectivity index (χ4n) is 1.43. The van der Waals surface area contributed by atoms with E-state index in [1.54, 1.807) is 0 Å². The lowest BCUT2D eigenvalue weighted by molar-refractivity contribution is 0.370. The molecule has 0 heterocycles. The SMILES string of the molecule is CC.CCCC(CC)C(N)CC. The second kappa shape index (κ2) is 11.0. The van der Waals surface area contributed by atoms with Gasteiger partial charge >= 0.3 is 0 Å². The molecule has 0 aromatic carbocycles. The maximum Gasteiger partial charge on any atom is 0.00644 e. The van der Waals surface area contributed by atoms with Gasteiger partial charge in [0.25, 0.3) is 0 Å². The van der Waals surface area contributed by atoms with Crippen LogP contribution in [-0.4, -0.2) is 6.04 Å². The van der Waals surface area contributed by atoms with Crippen LogP contribution in [0.1, 0.15) is 60.3 Å². The van der Waals surface area contributed by atoms with Crippen molar-refractivity contribution in [2.24, 2.45) is 11.7 Å². The van der Waals surface area contributed by atoms with Gasteiger partial charge in [-0.05, 0) is 18.8 Å². The maximum atomic E-state index is 5.91. The highest BCUT2D eigenvalue weighted by molar-refractivity contribution is 4.69. The van der Waals surface area contributed by atoms with Crippen LogP contribution >= 0.6 is 0 Å². The van der Waals surface area contributed by atoms with Crippen LogP contribution in [0.25, 0.3) is 0 Å². The van der Waals surface area contributed by atoms with Crippen molar-refractivity contribution in [2.75, 3.05) is 0 Å². The molecule has 0 bridgehead atoms. The van der Waals surface area contributed by atoms with Gasteiger partial charge in [0.05, 0.1) is 0 Å². The van der Waals surface area contributed by atoms with E-state index >= 15 is 0 Å². The fourth-order valence-corrected chi connectivity index (χ4v) is 1.43. The van der Waals surface area contributed by atoms with Gasteiger partial charge in [-0.3, -0.25) is 0 Å².